The van der Waals surface area contributed by atoms with Gasteiger partial charge in [0.1, 0.15) is 11.6 Å². The Hall–Kier alpha value is -2.89. The van der Waals surface area contributed by atoms with Crippen LogP contribution in [0.15, 0.2) is 36.5 Å². The topological polar surface area (TPSA) is 71.5 Å². The molecular formula is C23H27N3O3. The Morgan fingerprint density at radius 1 is 1.14 bits per heavy atom. The second-order valence-corrected chi connectivity index (χ2v) is 8.03. The van der Waals surface area contributed by atoms with Gasteiger partial charge in [0.05, 0.1) is 7.11 Å². The molecule has 152 valence electrons. The molecule has 1 aromatic heterocycles. The van der Waals surface area contributed by atoms with Crippen LogP contribution in [0.2, 0.25) is 0 Å². The molecule has 0 radical (unpaired) electrons. The van der Waals surface area contributed by atoms with E-state index in [9.17, 15) is 9.59 Å². The van der Waals surface area contributed by atoms with Gasteiger partial charge < -0.3 is 15.0 Å². The van der Waals surface area contributed by atoms with E-state index in [0.29, 0.717) is 23.2 Å². The van der Waals surface area contributed by atoms with E-state index >= 15 is 0 Å². The van der Waals surface area contributed by atoms with Gasteiger partial charge >= 0.3 is 0 Å². The monoisotopic (exact) mass is 393 g/mol. The summed E-state index contributed by atoms with van der Waals surface area (Å²) in [6, 6.07) is 10.2. The van der Waals surface area contributed by atoms with Crippen LogP contribution in [0.3, 0.4) is 0 Å². The average molecular weight is 393 g/mol. The predicted molar refractivity (Wildman–Crippen MR) is 112 cm³/mol. The lowest BCUT2D eigenvalue weighted by Crippen LogP contribution is -2.50. The van der Waals surface area contributed by atoms with E-state index in [1.807, 2.05) is 37.3 Å². The number of hydrogen-bond acceptors (Lipinski definition) is 5. The van der Waals surface area contributed by atoms with E-state index in [4.69, 9.17) is 4.74 Å². The minimum Gasteiger partial charge on any atom is -0.496 e. The molecule has 0 saturated carbocycles. The maximum atomic E-state index is 12.9. The summed E-state index contributed by atoms with van der Waals surface area (Å²) in [5.74, 6) is 1.65. The third-order valence-electron chi connectivity index (χ3n) is 6.24. The number of methoxy groups -OCH3 is 1. The third kappa shape index (κ3) is 3.71. The Bertz CT molecular complexity index is 911. The highest BCUT2D eigenvalue weighted by Gasteiger charge is 2.41. The van der Waals surface area contributed by atoms with Gasteiger partial charge in [0.15, 0.2) is 5.78 Å². The molecule has 2 saturated heterocycles. The predicted octanol–water partition coefficient (Wildman–Crippen LogP) is 3.53. The molecule has 1 amide bonds. The van der Waals surface area contributed by atoms with Crippen molar-refractivity contribution in [2.24, 2.45) is 0 Å². The zero-order chi connectivity index (χ0) is 20.5. The maximum Gasteiger partial charge on any atom is 0.251 e. The number of benzene rings is 1. The molecule has 6 heteroatoms. The van der Waals surface area contributed by atoms with E-state index in [1.54, 1.807) is 20.2 Å². The first-order valence-electron chi connectivity index (χ1n) is 10.2. The number of rotatable bonds is 5. The van der Waals surface area contributed by atoms with Gasteiger partial charge in [-0.05, 0) is 63.8 Å². The zero-order valence-electron chi connectivity index (χ0n) is 17.1. The van der Waals surface area contributed by atoms with Crippen LogP contribution in [0, 0.1) is 6.92 Å². The molecule has 3 atom stereocenters. The number of ether oxygens (including phenoxy) is 1. The van der Waals surface area contributed by atoms with Crippen molar-refractivity contribution in [2.45, 2.75) is 57.7 Å². The Morgan fingerprint density at radius 2 is 1.86 bits per heavy atom. The second kappa shape index (κ2) is 7.85. The number of anilines is 1. The molecule has 4 rings (SSSR count). The molecule has 2 bridgehead atoms. The molecule has 1 aromatic carbocycles. The number of carbonyl (C=O) groups is 2. The summed E-state index contributed by atoms with van der Waals surface area (Å²) in [6.07, 6.45) is 5.68. The molecule has 2 fully saturated rings. The standard InChI is InChI=1S/C23H27N3O3/c1-14-20(5-4-6-21(14)29-3)23(28)25-17-11-18-8-9-19(12-17)26(18)22-10-7-16(13-24-22)15(2)27/h4-7,10,13,17-19H,8-9,11-12H2,1-3H3,(H,25,28)/t17-,18+,19-. The van der Waals surface area contributed by atoms with Crippen molar-refractivity contribution in [3.05, 3.63) is 53.2 Å². The lowest BCUT2D eigenvalue weighted by Gasteiger charge is -2.40. The van der Waals surface area contributed by atoms with Gasteiger partial charge in [0.25, 0.3) is 5.91 Å². The van der Waals surface area contributed by atoms with Crippen molar-refractivity contribution in [2.75, 3.05) is 12.0 Å². The smallest absolute Gasteiger partial charge is 0.251 e. The van der Waals surface area contributed by atoms with Crippen molar-refractivity contribution in [3.63, 3.8) is 0 Å². The van der Waals surface area contributed by atoms with E-state index in [0.717, 1.165) is 42.8 Å². The van der Waals surface area contributed by atoms with Crippen LogP contribution in [0.25, 0.3) is 0 Å². The third-order valence-corrected chi connectivity index (χ3v) is 6.24. The number of amides is 1. The van der Waals surface area contributed by atoms with Gasteiger partial charge in [-0.15, -0.1) is 0 Å². The van der Waals surface area contributed by atoms with Gasteiger partial charge in [-0.1, -0.05) is 6.07 Å². The summed E-state index contributed by atoms with van der Waals surface area (Å²) < 4.78 is 5.34. The minimum absolute atomic E-state index is 0.0290. The quantitative estimate of drug-likeness (QED) is 0.787. The number of aromatic nitrogens is 1. The number of Topliss-reactive ketones (excluding diaryl/α,β-unsaturated/α-hetero) is 1. The van der Waals surface area contributed by atoms with Crippen molar-refractivity contribution in [1.82, 2.24) is 10.3 Å². The largest absolute Gasteiger partial charge is 0.496 e. The first kappa shape index (κ1) is 19.4. The molecule has 29 heavy (non-hydrogen) atoms. The SMILES string of the molecule is COc1cccc(C(=O)N[C@H]2C[C@H]3CC[C@@H](C2)N3c2ccc(C(C)=O)cn2)c1C. The Balaban J connectivity index is 1.45. The van der Waals surface area contributed by atoms with Crippen LogP contribution in [0.4, 0.5) is 5.82 Å². The number of ketones is 1. The lowest BCUT2D eigenvalue weighted by atomic mass is 9.96. The fraction of sp³-hybridized carbons (Fsp3) is 0.435. The number of pyridine rings is 1. The van der Waals surface area contributed by atoms with E-state index in [-0.39, 0.29) is 17.7 Å². The Morgan fingerprint density at radius 3 is 2.45 bits per heavy atom. The van der Waals surface area contributed by atoms with Crippen molar-refractivity contribution in [3.8, 4) is 5.75 Å². The highest BCUT2D eigenvalue weighted by molar-refractivity contribution is 5.96. The summed E-state index contributed by atoms with van der Waals surface area (Å²) in [6.45, 7) is 3.47. The summed E-state index contributed by atoms with van der Waals surface area (Å²) in [5, 5.41) is 3.24. The summed E-state index contributed by atoms with van der Waals surface area (Å²) in [4.78, 5) is 31.3. The molecular weight excluding hydrogens is 366 g/mol. The first-order chi connectivity index (χ1) is 14.0. The van der Waals surface area contributed by atoms with Crippen LogP contribution in [0.1, 0.15) is 58.9 Å². The van der Waals surface area contributed by atoms with Crippen LogP contribution < -0.4 is 15.0 Å². The van der Waals surface area contributed by atoms with Crippen LogP contribution in [0.5, 0.6) is 5.75 Å². The normalized spacial score (nSPS) is 23.0. The van der Waals surface area contributed by atoms with E-state index in [2.05, 4.69) is 15.2 Å². The molecule has 2 aromatic rings. The van der Waals surface area contributed by atoms with Gasteiger partial charge in [0.2, 0.25) is 0 Å². The second-order valence-electron chi connectivity index (χ2n) is 8.03. The van der Waals surface area contributed by atoms with Crippen LogP contribution in [-0.2, 0) is 0 Å². The van der Waals surface area contributed by atoms with Crippen molar-refractivity contribution in [1.29, 1.82) is 0 Å². The van der Waals surface area contributed by atoms with Gasteiger partial charge in [-0.2, -0.15) is 0 Å². The Kier molecular flexibility index (Phi) is 5.26. The maximum absolute atomic E-state index is 12.9. The lowest BCUT2D eigenvalue weighted by molar-refractivity contribution is 0.0925. The molecule has 2 aliphatic rings. The number of nitrogens with zero attached hydrogens (tertiary/aromatic N) is 2. The molecule has 0 unspecified atom stereocenters. The van der Waals surface area contributed by atoms with Crippen molar-refractivity contribution >= 4 is 17.5 Å². The van der Waals surface area contributed by atoms with Crippen LogP contribution in [-0.4, -0.2) is 41.9 Å². The number of hydrogen-bond donors (Lipinski definition) is 1. The van der Waals surface area contributed by atoms with Gasteiger partial charge in [0, 0.05) is 41.0 Å². The van der Waals surface area contributed by atoms with Crippen LogP contribution >= 0.6 is 0 Å². The Labute approximate surface area is 171 Å². The first-order valence-corrected chi connectivity index (χ1v) is 10.2. The highest BCUT2D eigenvalue weighted by atomic mass is 16.5. The van der Waals surface area contributed by atoms with Gasteiger partial charge in [-0.25, -0.2) is 4.98 Å². The fourth-order valence-electron chi connectivity index (χ4n) is 4.76. The molecule has 6 nitrogen and oxygen atoms in total. The fourth-order valence-corrected chi connectivity index (χ4v) is 4.76. The zero-order valence-corrected chi connectivity index (χ0v) is 17.1. The average Bonchev–Trinajstić information content (AvgIpc) is 2.98. The number of piperidine rings is 1. The molecule has 3 heterocycles. The molecule has 0 spiro atoms. The van der Waals surface area contributed by atoms with Gasteiger partial charge in [-0.3, -0.25) is 9.59 Å². The summed E-state index contributed by atoms with van der Waals surface area (Å²) in [7, 11) is 1.62. The summed E-state index contributed by atoms with van der Waals surface area (Å²) in [5.41, 5.74) is 2.17. The highest BCUT2D eigenvalue weighted by Crippen LogP contribution is 2.38. The molecule has 2 aliphatic heterocycles. The minimum atomic E-state index is -0.0387. The number of fused-ring (bicyclic) bond motifs is 2. The van der Waals surface area contributed by atoms with E-state index < -0.39 is 0 Å². The number of carbonyl (C=O) groups excluding carboxylic acids is 2. The number of nitrogens with one attached hydrogen (secondary N) is 1. The summed E-state index contributed by atoms with van der Waals surface area (Å²) >= 11 is 0. The molecule has 1 N–H and O–H groups in total. The molecule has 0 aliphatic carbocycles. The van der Waals surface area contributed by atoms with Crippen molar-refractivity contribution < 1.29 is 14.3 Å². The van der Waals surface area contributed by atoms with E-state index in [1.165, 1.54) is 0 Å².